The number of hydrogen-bond donors (Lipinski definition) is 0. The summed E-state index contributed by atoms with van der Waals surface area (Å²) in [5, 5.41) is 1.11. The first-order valence-corrected chi connectivity index (χ1v) is 8.46. The summed E-state index contributed by atoms with van der Waals surface area (Å²) in [6.07, 6.45) is 2.60. The Morgan fingerprint density at radius 1 is 1.35 bits per heavy atom. The SMILES string of the molecule is CCC(C)CC(=O)N1CCC(Oc2ccc3ccccc3n2)C1. The maximum absolute atomic E-state index is 12.2. The number of carbonyl (C=O) groups excluding carboxylic acids is 1. The highest BCUT2D eigenvalue weighted by molar-refractivity contribution is 5.79. The molecule has 2 unspecified atom stereocenters. The molecule has 2 atom stereocenters. The van der Waals surface area contributed by atoms with Crippen LogP contribution in [0.15, 0.2) is 36.4 Å². The topological polar surface area (TPSA) is 42.4 Å². The zero-order valence-corrected chi connectivity index (χ0v) is 13.9. The molecular weight excluding hydrogens is 288 g/mol. The number of hydrogen-bond acceptors (Lipinski definition) is 3. The molecule has 1 aromatic carbocycles. The van der Waals surface area contributed by atoms with E-state index >= 15 is 0 Å². The third-order valence-corrected chi connectivity index (χ3v) is 4.58. The summed E-state index contributed by atoms with van der Waals surface area (Å²) >= 11 is 0. The summed E-state index contributed by atoms with van der Waals surface area (Å²) in [6.45, 7) is 5.71. The van der Waals surface area contributed by atoms with E-state index < -0.39 is 0 Å². The maximum Gasteiger partial charge on any atom is 0.222 e. The van der Waals surface area contributed by atoms with Gasteiger partial charge in [-0.05, 0) is 18.1 Å². The largest absolute Gasteiger partial charge is 0.472 e. The van der Waals surface area contributed by atoms with Gasteiger partial charge in [0, 0.05) is 30.8 Å². The molecule has 0 bridgehead atoms. The molecule has 0 spiro atoms. The molecule has 122 valence electrons. The first-order valence-electron chi connectivity index (χ1n) is 8.46. The van der Waals surface area contributed by atoms with Crippen molar-refractivity contribution in [3.8, 4) is 5.88 Å². The van der Waals surface area contributed by atoms with Gasteiger partial charge in [-0.3, -0.25) is 4.79 Å². The average molecular weight is 312 g/mol. The number of benzene rings is 1. The molecule has 0 aliphatic carbocycles. The van der Waals surface area contributed by atoms with E-state index in [4.69, 9.17) is 4.74 Å². The molecule has 0 radical (unpaired) electrons. The van der Waals surface area contributed by atoms with Crippen LogP contribution >= 0.6 is 0 Å². The zero-order valence-electron chi connectivity index (χ0n) is 13.9. The molecule has 1 amide bonds. The Balaban J connectivity index is 1.59. The summed E-state index contributed by atoms with van der Waals surface area (Å²) in [4.78, 5) is 18.7. The number of likely N-dealkylation sites (tertiary alicyclic amines) is 1. The van der Waals surface area contributed by atoms with Crippen LogP contribution in [0.5, 0.6) is 5.88 Å². The van der Waals surface area contributed by atoms with Gasteiger partial charge in [0.1, 0.15) is 6.10 Å². The minimum Gasteiger partial charge on any atom is -0.472 e. The van der Waals surface area contributed by atoms with Gasteiger partial charge in [-0.15, -0.1) is 0 Å². The molecule has 3 rings (SSSR count). The Bertz CT molecular complexity index is 686. The molecule has 4 heteroatoms. The fourth-order valence-electron chi connectivity index (χ4n) is 2.91. The number of carbonyl (C=O) groups is 1. The second-order valence-electron chi connectivity index (χ2n) is 6.43. The van der Waals surface area contributed by atoms with Crippen LogP contribution in [0.2, 0.25) is 0 Å². The lowest BCUT2D eigenvalue weighted by Crippen LogP contribution is -2.31. The van der Waals surface area contributed by atoms with Crippen LogP contribution in [0.1, 0.15) is 33.1 Å². The Labute approximate surface area is 137 Å². The smallest absolute Gasteiger partial charge is 0.222 e. The lowest BCUT2D eigenvalue weighted by Gasteiger charge is -2.18. The number of fused-ring (bicyclic) bond motifs is 1. The van der Waals surface area contributed by atoms with Crippen LogP contribution in [-0.2, 0) is 4.79 Å². The molecule has 1 aliphatic rings. The maximum atomic E-state index is 12.2. The van der Waals surface area contributed by atoms with Crippen molar-refractivity contribution in [3.05, 3.63) is 36.4 Å². The summed E-state index contributed by atoms with van der Waals surface area (Å²) in [5.74, 6) is 1.34. The number of nitrogens with zero attached hydrogens (tertiary/aromatic N) is 2. The Kier molecular flexibility index (Phi) is 4.79. The average Bonchev–Trinajstić information content (AvgIpc) is 3.03. The molecule has 1 fully saturated rings. The lowest BCUT2D eigenvalue weighted by molar-refractivity contribution is -0.131. The number of ether oxygens (including phenoxy) is 1. The lowest BCUT2D eigenvalue weighted by atomic mass is 10.0. The summed E-state index contributed by atoms with van der Waals surface area (Å²) < 4.78 is 5.99. The predicted octanol–water partition coefficient (Wildman–Crippen LogP) is 3.65. The first kappa shape index (κ1) is 15.8. The van der Waals surface area contributed by atoms with Gasteiger partial charge in [-0.2, -0.15) is 0 Å². The number of amides is 1. The quantitative estimate of drug-likeness (QED) is 0.846. The highest BCUT2D eigenvalue weighted by atomic mass is 16.5. The molecule has 2 aromatic rings. The van der Waals surface area contributed by atoms with Crippen LogP contribution in [0.4, 0.5) is 0 Å². The number of pyridine rings is 1. The van der Waals surface area contributed by atoms with Crippen LogP contribution in [0.25, 0.3) is 10.9 Å². The minimum atomic E-state index is 0.0459. The van der Waals surface area contributed by atoms with E-state index in [1.165, 1.54) is 0 Å². The van der Waals surface area contributed by atoms with E-state index in [1.807, 2.05) is 41.3 Å². The molecule has 2 heterocycles. The van der Waals surface area contributed by atoms with Gasteiger partial charge in [0.2, 0.25) is 11.8 Å². The van der Waals surface area contributed by atoms with Gasteiger partial charge in [0.05, 0.1) is 12.1 Å². The van der Waals surface area contributed by atoms with Crippen molar-refractivity contribution in [2.45, 2.75) is 39.2 Å². The van der Waals surface area contributed by atoms with E-state index in [1.54, 1.807) is 0 Å². The highest BCUT2D eigenvalue weighted by Gasteiger charge is 2.28. The van der Waals surface area contributed by atoms with Crippen LogP contribution < -0.4 is 4.74 Å². The van der Waals surface area contributed by atoms with E-state index in [2.05, 4.69) is 18.8 Å². The summed E-state index contributed by atoms with van der Waals surface area (Å²) in [7, 11) is 0. The van der Waals surface area contributed by atoms with Crippen molar-refractivity contribution >= 4 is 16.8 Å². The van der Waals surface area contributed by atoms with Gasteiger partial charge in [-0.1, -0.05) is 38.5 Å². The van der Waals surface area contributed by atoms with Crippen LogP contribution in [-0.4, -0.2) is 35.0 Å². The highest BCUT2D eigenvalue weighted by Crippen LogP contribution is 2.21. The third kappa shape index (κ3) is 3.81. The third-order valence-electron chi connectivity index (χ3n) is 4.58. The van der Waals surface area contributed by atoms with Gasteiger partial charge in [0.15, 0.2) is 0 Å². The fourth-order valence-corrected chi connectivity index (χ4v) is 2.91. The van der Waals surface area contributed by atoms with Crippen molar-refractivity contribution in [1.29, 1.82) is 0 Å². The second-order valence-corrected chi connectivity index (χ2v) is 6.43. The zero-order chi connectivity index (χ0) is 16.2. The standard InChI is InChI=1S/C19H24N2O2/c1-3-14(2)12-19(22)21-11-10-16(13-21)23-18-9-8-15-6-4-5-7-17(15)20-18/h4-9,14,16H,3,10-13H2,1-2H3. The molecular formula is C19H24N2O2. The molecule has 0 saturated carbocycles. The summed E-state index contributed by atoms with van der Waals surface area (Å²) in [6, 6.07) is 11.9. The number of para-hydroxylation sites is 1. The van der Waals surface area contributed by atoms with Crippen molar-refractivity contribution in [1.82, 2.24) is 9.88 Å². The monoisotopic (exact) mass is 312 g/mol. The van der Waals surface area contributed by atoms with Gasteiger partial charge < -0.3 is 9.64 Å². The van der Waals surface area contributed by atoms with Crippen LogP contribution in [0.3, 0.4) is 0 Å². The van der Waals surface area contributed by atoms with Gasteiger partial charge >= 0.3 is 0 Å². The Hall–Kier alpha value is -2.10. The minimum absolute atomic E-state index is 0.0459. The molecule has 23 heavy (non-hydrogen) atoms. The molecule has 4 nitrogen and oxygen atoms in total. The van der Waals surface area contributed by atoms with Crippen molar-refractivity contribution in [3.63, 3.8) is 0 Å². The fraction of sp³-hybridized carbons (Fsp3) is 0.474. The normalized spacial score (nSPS) is 19.0. The van der Waals surface area contributed by atoms with Crippen molar-refractivity contribution in [2.24, 2.45) is 5.92 Å². The van der Waals surface area contributed by atoms with E-state index in [0.29, 0.717) is 24.8 Å². The van der Waals surface area contributed by atoms with Crippen molar-refractivity contribution < 1.29 is 9.53 Å². The number of aromatic nitrogens is 1. The Morgan fingerprint density at radius 2 is 2.17 bits per heavy atom. The molecule has 1 aromatic heterocycles. The number of rotatable bonds is 5. The molecule has 1 saturated heterocycles. The van der Waals surface area contributed by atoms with E-state index in [9.17, 15) is 4.79 Å². The predicted molar refractivity (Wildman–Crippen MR) is 91.4 cm³/mol. The Morgan fingerprint density at radius 3 is 3.00 bits per heavy atom. The summed E-state index contributed by atoms with van der Waals surface area (Å²) in [5.41, 5.74) is 0.938. The van der Waals surface area contributed by atoms with Gasteiger partial charge in [-0.25, -0.2) is 4.98 Å². The molecule has 1 aliphatic heterocycles. The first-order chi connectivity index (χ1) is 11.2. The molecule has 0 N–H and O–H groups in total. The van der Waals surface area contributed by atoms with Crippen LogP contribution in [0, 0.1) is 5.92 Å². The van der Waals surface area contributed by atoms with E-state index in [-0.39, 0.29) is 12.0 Å². The van der Waals surface area contributed by atoms with Gasteiger partial charge in [0.25, 0.3) is 0 Å². The van der Waals surface area contributed by atoms with Crippen molar-refractivity contribution in [2.75, 3.05) is 13.1 Å². The second kappa shape index (κ2) is 6.99. The van der Waals surface area contributed by atoms with E-state index in [0.717, 1.165) is 30.3 Å².